The van der Waals surface area contributed by atoms with Crippen LogP contribution < -0.4 is 5.73 Å². The Kier molecular flexibility index (Phi) is 2.83. The largest absolute Gasteiger partial charge is 0.330 e. The molecule has 0 spiro atoms. The van der Waals surface area contributed by atoms with Gasteiger partial charge in [0.25, 0.3) is 0 Å². The van der Waals surface area contributed by atoms with Crippen molar-refractivity contribution in [1.82, 2.24) is 0 Å². The first-order valence-electron chi connectivity index (χ1n) is 5.94. The van der Waals surface area contributed by atoms with Crippen molar-refractivity contribution >= 4 is 0 Å². The molecule has 0 aliphatic heterocycles. The fraction of sp³-hybridized carbons (Fsp3) is 0.571. The van der Waals surface area contributed by atoms with E-state index < -0.39 is 0 Å². The quantitative estimate of drug-likeness (QED) is 0.802. The van der Waals surface area contributed by atoms with Crippen LogP contribution in [0.3, 0.4) is 0 Å². The third-order valence-electron chi connectivity index (χ3n) is 3.78. The summed E-state index contributed by atoms with van der Waals surface area (Å²) in [5, 5.41) is 0. The minimum atomic E-state index is 0.109. The van der Waals surface area contributed by atoms with Crippen molar-refractivity contribution in [1.29, 1.82) is 0 Å². The van der Waals surface area contributed by atoms with E-state index in [0.29, 0.717) is 6.54 Å². The molecule has 2 N–H and O–H groups in total. The highest BCUT2D eigenvalue weighted by atomic mass is 14.6. The lowest BCUT2D eigenvalue weighted by Gasteiger charge is -2.27. The van der Waals surface area contributed by atoms with E-state index in [1.54, 1.807) is 0 Å². The first kappa shape index (κ1) is 10.7. The molecule has 2 rings (SSSR count). The zero-order valence-electron chi connectivity index (χ0n) is 9.79. The molecule has 15 heavy (non-hydrogen) atoms. The minimum Gasteiger partial charge on any atom is -0.330 e. The van der Waals surface area contributed by atoms with Crippen molar-refractivity contribution < 1.29 is 0 Å². The molecule has 0 radical (unpaired) electrons. The van der Waals surface area contributed by atoms with Gasteiger partial charge in [-0.05, 0) is 29.9 Å². The molecular formula is C14H21N. The molecule has 0 amide bonds. The van der Waals surface area contributed by atoms with Crippen LogP contribution in [0.25, 0.3) is 0 Å². The Morgan fingerprint density at radius 3 is 2.20 bits per heavy atom. The molecule has 1 saturated carbocycles. The van der Waals surface area contributed by atoms with Gasteiger partial charge in [-0.1, -0.05) is 44.5 Å². The SMILES string of the molecule is CC(C)(CN)c1ccc(C2CCC2)cc1. The zero-order chi connectivity index (χ0) is 10.9. The van der Waals surface area contributed by atoms with Crippen LogP contribution >= 0.6 is 0 Å². The van der Waals surface area contributed by atoms with Gasteiger partial charge in [-0.2, -0.15) is 0 Å². The Bertz CT molecular complexity index is 320. The molecule has 1 aliphatic rings. The second-order valence-electron chi connectivity index (χ2n) is 5.34. The molecule has 0 unspecified atom stereocenters. The van der Waals surface area contributed by atoms with Crippen molar-refractivity contribution in [3.05, 3.63) is 35.4 Å². The van der Waals surface area contributed by atoms with Gasteiger partial charge in [0.05, 0.1) is 0 Å². The highest BCUT2D eigenvalue weighted by Crippen LogP contribution is 2.36. The van der Waals surface area contributed by atoms with Crippen molar-refractivity contribution in [2.75, 3.05) is 6.54 Å². The van der Waals surface area contributed by atoms with Gasteiger partial charge >= 0.3 is 0 Å². The fourth-order valence-electron chi connectivity index (χ4n) is 2.07. The Hall–Kier alpha value is -0.820. The van der Waals surface area contributed by atoms with Gasteiger partial charge in [0, 0.05) is 12.0 Å². The molecule has 1 nitrogen and oxygen atoms in total. The molecular weight excluding hydrogens is 182 g/mol. The summed E-state index contributed by atoms with van der Waals surface area (Å²) in [7, 11) is 0. The molecule has 0 aromatic heterocycles. The first-order chi connectivity index (χ1) is 7.13. The average Bonchev–Trinajstić information content (AvgIpc) is 2.16. The smallest absolute Gasteiger partial charge is 0.00190 e. The predicted octanol–water partition coefficient (Wildman–Crippen LogP) is 3.19. The molecule has 82 valence electrons. The highest BCUT2D eigenvalue weighted by Gasteiger charge is 2.21. The van der Waals surface area contributed by atoms with E-state index in [4.69, 9.17) is 5.73 Å². The number of hydrogen-bond acceptors (Lipinski definition) is 1. The Morgan fingerprint density at radius 2 is 1.80 bits per heavy atom. The van der Waals surface area contributed by atoms with Crippen LogP contribution in [0.1, 0.15) is 50.2 Å². The van der Waals surface area contributed by atoms with Crippen LogP contribution in [-0.2, 0) is 5.41 Å². The fourth-order valence-corrected chi connectivity index (χ4v) is 2.07. The average molecular weight is 203 g/mol. The van der Waals surface area contributed by atoms with E-state index in [-0.39, 0.29) is 5.41 Å². The summed E-state index contributed by atoms with van der Waals surface area (Å²) < 4.78 is 0. The molecule has 0 saturated heterocycles. The van der Waals surface area contributed by atoms with Gasteiger partial charge in [0.2, 0.25) is 0 Å². The molecule has 0 heterocycles. The van der Waals surface area contributed by atoms with Crippen LogP contribution in [0.5, 0.6) is 0 Å². The zero-order valence-corrected chi connectivity index (χ0v) is 9.79. The normalized spacial score (nSPS) is 17.5. The minimum absolute atomic E-state index is 0.109. The maximum atomic E-state index is 5.77. The van der Waals surface area contributed by atoms with Crippen LogP contribution in [0.4, 0.5) is 0 Å². The topological polar surface area (TPSA) is 26.0 Å². The van der Waals surface area contributed by atoms with Crippen molar-refractivity contribution in [3.63, 3.8) is 0 Å². The Morgan fingerprint density at radius 1 is 1.20 bits per heavy atom. The van der Waals surface area contributed by atoms with Crippen LogP contribution in [-0.4, -0.2) is 6.54 Å². The van der Waals surface area contributed by atoms with Crippen LogP contribution in [0.15, 0.2) is 24.3 Å². The van der Waals surface area contributed by atoms with Crippen LogP contribution in [0, 0.1) is 0 Å². The first-order valence-corrected chi connectivity index (χ1v) is 5.94. The standard InChI is InChI=1S/C14H21N/c1-14(2,10-15)13-8-6-12(7-9-13)11-4-3-5-11/h6-9,11H,3-5,10,15H2,1-2H3. The van der Waals surface area contributed by atoms with Gasteiger partial charge in [0.15, 0.2) is 0 Å². The summed E-state index contributed by atoms with van der Waals surface area (Å²) in [4.78, 5) is 0. The second-order valence-corrected chi connectivity index (χ2v) is 5.34. The molecule has 1 heteroatoms. The lowest BCUT2D eigenvalue weighted by Crippen LogP contribution is -2.28. The summed E-state index contributed by atoms with van der Waals surface area (Å²) in [6.07, 6.45) is 4.15. The summed E-state index contributed by atoms with van der Waals surface area (Å²) in [5.41, 5.74) is 8.75. The number of hydrogen-bond donors (Lipinski definition) is 1. The third-order valence-corrected chi connectivity index (χ3v) is 3.78. The van der Waals surface area contributed by atoms with E-state index in [9.17, 15) is 0 Å². The van der Waals surface area contributed by atoms with Crippen molar-refractivity contribution in [2.24, 2.45) is 5.73 Å². The Balaban J connectivity index is 2.16. The third kappa shape index (κ3) is 2.07. The monoisotopic (exact) mass is 203 g/mol. The summed E-state index contributed by atoms with van der Waals surface area (Å²) in [5.74, 6) is 0.833. The summed E-state index contributed by atoms with van der Waals surface area (Å²) in [6.45, 7) is 5.10. The van der Waals surface area contributed by atoms with Gasteiger partial charge in [-0.15, -0.1) is 0 Å². The van der Waals surface area contributed by atoms with E-state index in [2.05, 4.69) is 38.1 Å². The van der Waals surface area contributed by atoms with E-state index in [1.807, 2.05) is 0 Å². The van der Waals surface area contributed by atoms with Gasteiger partial charge in [-0.3, -0.25) is 0 Å². The van der Waals surface area contributed by atoms with Gasteiger partial charge < -0.3 is 5.73 Å². The number of nitrogens with two attached hydrogens (primary N) is 1. The van der Waals surface area contributed by atoms with E-state index in [0.717, 1.165) is 5.92 Å². The summed E-state index contributed by atoms with van der Waals surface area (Å²) in [6, 6.07) is 9.08. The Labute approximate surface area is 92.7 Å². The number of benzene rings is 1. The lowest BCUT2D eigenvalue weighted by molar-refractivity contribution is 0.419. The van der Waals surface area contributed by atoms with E-state index in [1.165, 1.54) is 30.4 Å². The van der Waals surface area contributed by atoms with E-state index >= 15 is 0 Å². The van der Waals surface area contributed by atoms with Gasteiger partial charge in [0.1, 0.15) is 0 Å². The molecule has 0 bridgehead atoms. The molecule has 1 aliphatic carbocycles. The maximum Gasteiger partial charge on any atom is 0.00190 e. The maximum absolute atomic E-state index is 5.77. The van der Waals surface area contributed by atoms with Crippen molar-refractivity contribution in [3.8, 4) is 0 Å². The second kappa shape index (κ2) is 3.97. The highest BCUT2D eigenvalue weighted by molar-refractivity contribution is 5.31. The molecule has 1 fully saturated rings. The van der Waals surface area contributed by atoms with Crippen molar-refractivity contribution in [2.45, 2.75) is 44.4 Å². The van der Waals surface area contributed by atoms with Crippen LogP contribution in [0.2, 0.25) is 0 Å². The molecule has 0 atom stereocenters. The summed E-state index contributed by atoms with van der Waals surface area (Å²) >= 11 is 0. The molecule has 1 aromatic rings. The number of rotatable bonds is 3. The predicted molar refractivity (Wildman–Crippen MR) is 65.1 cm³/mol. The van der Waals surface area contributed by atoms with Gasteiger partial charge in [-0.25, -0.2) is 0 Å². The lowest BCUT2D eigenvalue weighted by atomic mass is 9.78. The molecule has 1 aromatic carbocycles.